The van der Waals surface area contributed by atoms with Crippen molar-refractivity contribution in [2.45, 2.75) is 12.3 Å². The molecule has 96 valence electrons. The molecule has 0 aromatic heterocycles. The Balaban J connectivity index is 1.96. The van der Waals surface area contributed by atoms with Crippen LogP contribution in [0, 0.1) is 0 Å². The molecule has 2 aliphatic rings. The van der Waals surface area contributed by atoms with Gasteiger partial charge in [-0.25, -0.2) is 9.98 Å². The third-order valence-corrected chi connectivity index (χ3v) is 2.85. The van der Waals surface area contributed by atoms with Crippen LogP contribution in [0.1, 0.15) is 5.56 Å². The molecule has 3 rings (SSSR count). The normalized spacial score (nSPS) is 25.2. The Morgan fingerprint density at radius 3 is 2.63 bits per heavy atom. The standard InChI is InChI=1S/C12H12N6O/c13-7-3-1-6(2-4-7)8-5-15-10-9(16-8)11(19)18-12(14)17-10/h1-5,9,12H,13-14H2,(H,18,19)/t9-,12+/m1/s1. The quantitative estimate of drug-likeness (QED) is 0.575. The van der Waals surface area contributed by atoms with Crippen LogP contribution in [0.3, 0.4) is 0 Å². The van der Waals surface area contributed by atoms with E-state index in [2.05, 4.69) is 20.3 Å². The van der Waals surface area contributed by atoms with Crippen molar-refractivity contribution in [2.24, 2.45) is 20.7 Å². The van der Waals surface area contributed by atoms with Gasteiger partial charge < -0.3 is 11.1 Å². The number of amidine groups is 1. The number of nitrogens with zero attached hydrogens (tertiary/aromatic N) is 3. The van der Waals surface area contributed by atoms with Crippen LogP contribution in [0.15, 0.2) is 39.2 Å². The number of hydrogen-bond donors (Lipinski definition) is 3. The number of carbonyl (C=O) groups is 1. The van der Waals surface area contributed by atoms with Gasteiger partial charge in [0.2, 0.25) is 0 Å². The fraction of sp³-hybridized carbons (Fsp3) is 0.167. The second kappa shape index (κ2) is 4.29. The van der Waals surface area contributed by atoms with Crippen LogP contribution in [-0.2, 0) is 4.79 Å². The zero-order valence-electron chi connectivity index (χ0n) is 9.95. The Kier molecular flexibility index (Phi) is 2.60. The second-order valence-electron chi connectivity index (χ2n) is 4.24. The van der Waals surface area contributed by atoms with Crippen molar-refractivity contribution in [3.05, 3.63) is 29.8 Å². The van der Waals surface area contributed by atoms with Crippen LogP contribution in [0.25, 0.3) is 0 Å². The molecule has 0 fully saturated rings. The molecular formula is C12H12N6O. The Morgan fingerprint density at radius 2 is 1.89 bits per heavy atom. The van der Waals surface area contributed by atoms with Crippen molar-refractivity contribution in [1.82, 2.24) is 5.32 Å². The monoisotopic (exact) mass is 256 g/mol. The molecule has 0 bridgehead atoms. The number of amides is 1. The summed E-state index contributed by atoms with van der Waals surface area (Å²) in [4.78, 5) is 24.3. The third-order valence-electron chi connectivity index (χ3n) is 2.85. The van der Waals surface area contributed by atoms with E-state index in [9.17, 15) is 4.79 Å². The summed E-state index contributed by atoms with van der Waals surface area (Å²) in [5, 5.41) is 2.51. The largest absolute Gasteiger partial charge is 0.399 e. The lowest BCUT2D eigenvalue weighted by Gasteiger charge is -2.24. The summed E-state index contributed by atoms with van der Waals surface area (Å²) in [7, 11) is 0. The van der Waals surface area contributed by atoms with Crippen molar-refractivity contribution < 1.29 is 4.79 Å². The molecule has 0 saturated heterocycles. The van der Waals surface area contributed by atoms with E-state index in [4.69, 9.17) is 11.5 Å². The Bertz CT molecular complexity index is 616. The van der Waals surface area contributed by atoms with Crippen LogP contribution < -0.4 is 16.8 Å². The first-order valence-corrected chi connectivity index (χ1v) is 5.75. The van der Waals surface area contributed by atoms with Gasteiger partial charge in [-0.15, -0.1) is 0 Å². The van der Waals surface area contributed by atoms with E-state index in [1.807, 2.05) is 12.1 Å². The van der Waals surface area contributed by atoms with Gasteiger partial charge in [-0.1, -0.05) is 12.1 Å². The number of carbonyl (C=O) groups excluding carboxylic acids is 1. The van der Waals surface area contributed by atoms with Crippen molar-refractivity contribution >= 4 is 29.4 Å². The van der Waals surface area contributed by atoms with Crippen molar-refractivity contribution in [3.63, 3.8) is 0 Å². The highest BCUT2D eigenvalue weighted by molar-refractivity contribution is 6.42. The van der Waals surface area contributed by atoms with Gasteiger partial charge in [-0.05, 0) is 12.1 Å². The van der Waals surface area contributed by atoms with E-state index >= 15 is 0 Å². The highest BCUT2D eigenvalue weighted by atomic mass is 16.2. The molecule has 7 nitrogen and oxygen atoms in total. The average molecular weight is 256 g/mol. The molecule has 2 aliphatic heterocycles. The van der Waals surface area contributed by atoms with E-state index < -0.39 is 12.3 Å². The van der Waals surface area contributed by atoms with Crippen LogP contribution in [-0.4, -0.2) is 36.0 Å². The third kappa shape index (κ3) is 2.11. The van der Waals surface area contributed by atoms with Crippen LogP contribution in [0.2, 0.25) is 0 Å². The van der Waals surface area contributed by atoms with Gasteiger partial charge >= 0.3 is 0 Å². The van der Waals surface area contributed by atoms with Gasteiger partial charge in [0.1, 0.15) is 0 Å². The van der Waals surface area contributed by atoms with Gasteiger partial charge in [0.05, 0.1) is 11.9 Å². The molecule has 7 heteroatoms. The molecule has 1 amide bonds. The van der Waals surface area contributed by atoms with E-state index in [1.165, 1.54) is 0 Å². The van der Waals surface area contributed by atoms with Gasteiger partial charge in [0.15, 0.2) is 18.2 Å². The molecule has 0 aliphatic carbocycles. The van der Waals surface area contributed by atoms with Crippen molar-refractivity contribution in [1.29, 1.82) is 0 Å². The maximum atomic E-state index is 11.8. The average Bonchev–Trinajstić information content (AvgIpc) is 2.39. The number of hydrogen-bond acceptors (Lipinski definition) is 6. The summed E-state index contributed by atoms with van der Waals surface area (Å²) in [6.45, 7) is 0. The summed E-state index contributed by atoms with van der Waals surface area (Å²) in [5.74, 6) is 0.0535. The molecule has 2 heterocycles. The molecule has 1 aromatic carbocycles. The lowest BCUT2D eigenvalue weighted by atomic mass is 10.1. The lowest BCUT2D eigenvalue weighted by molar-refractivity contribution is -0.121. The second-order valence-corrected chi connectivity index (χ2v) is 4.24. The van der Waals surface area contributed by atoms with E-state index in [1.54, 1.807) is 18.3 Å². The summed E-state index contributed by atoms with van der Waals surface area (Å²) >= 11 is 0. The number of aliphatic imine (C=N–C) groups is 3. The number of nitrogens with two attached hydrogens (primary N) is 2. The van der Waals surface area contributed by atoms with E-state index in [0.717, 1.165) is 5.56 Å². The fourth-order valence-corrected chi connectivity index (χ4v) is 1.91. The molecule has 0 saturated carbocycles. The number of nitrogen functional groups attached to an aromatic ring is 1. The van der Waals surface area contributed by atoms with Crippen LogP contribution in [0.5, 0.6) is 0 Å². The predicted molar refractivity (Wildman–Crippen MR) is 73.2 cm³/mol. The maximum Gasteiger partial charge on any atom is 0.255 e. The maximum absolute atomic E-state index is 11.8. The Labute approximate surface area is 109 Å². The molecule has 0 spiro atoms. The molecule has 19 heavy (non-hydrogen) atoms. The molecular weight excluding hydrogens is 244 g/mol. The number of rotatable bonds is 1. The highest BCUT2D eigenvalue weighted by Gasteiger charge is 2.32. The minimum Gasteiger partial charge on any atom is -0.399 e. The first-order chi connectivity index (χ1) is 9.13. The zero-order chi connectivity index (χ0) is 13.4. The minimum absolute atomic E-state index is 0.290. The van der Waals surface area contributed by atoms with Crippen LogP contribution in [0.4, 0.5) is 5.69 Å². The summed E-state index contributed by atoms with van der Waals surface area (Å²) < 4.78 is 0. The van der Waals surface area contributed by atoms with E-state index in [0.29, 0.717) is 17.2 Å². The topological polar surface area (TPSA) is 118 Å². The SMILES string of the molecule is Nc1ccc(C2=N[C@H]3C(=O)N[C@@H](N)N=C3N=C2)cc1. The summed E-state index contributed by atoms with van der Waals surface area (Å²) in [6.07, 6.45) is 0.829. The number of nitrogens with one attached hydrogen (secondary N) is 1. The predicted octanol–water partition coefficient (Wildman–Crippen LogP) is -0.718. The molecule has 0 radical (unpaired) electrons. The number of fused-ring (bicyclic) bond motifs is 1. The summed E-state index contributed by atoms with van der Waals surface area (Å²) in [5.41, 5.74) is 13.3. The highest BCUT2D eigenvalue weighted by Crippen LogP contribution is 2.13. The Hall–Kier alpha value is -2.54. The zero-order valence-corrected chi connectivity index (χ0v) is 9.95. The van der Waals surface area contributed by atoms with Gasteiger partial charge in [0.25, 0.3) is 5.91 Å². The van der Waals surface area contributed by atoms with Gasteiger partial charge in [-0.3, -0.25) is 15.5 Å². The smallest absolute Gasteiger partial charge is 0.255 e. The van der Waals surface area contributed by atoms with E-state index in [-0.39, 0.29) is 5.91 Å². The minimum atomic E-state index is -0.746. The first-order valence-electron chi connectivity index (χ1n) is 5.75. The molecule has 0 unspecified atom stereocenters. The number of benzene rings is 1. The van der Waals surface area contributed by atoms with Crippen LogP contribution >= 0.6 is 0 Å². The fourth-order valence-electron chi connectivity index (χ4n) is 1.91. The Morgan fingerprint density at radius 1 is 1.16 bits per heavy atom. The van der Waals surface area contributed by atoms with Crippen molar-refractivity contribution in [2.75, 3.05) is 5.73 Å². The summed E-state index contributed by atoms with van der Waals surface area (Å²) in [6, 6.07) is 6.47. The van der Waals surface area contributed by atoms with Gasteiger partial charge in [0, 0.05) is 11.3 Å². The molecule has 2 atom stereocenters. The lowest BCUT2D eigenvalue weighted by Crippen LogP contribution is -2.53. The molecule has 1 aromatic rings. The number of anilines is 1. The van der Waals surface area contributed by atoms with Crippen molar-refractivity contribution in [3.8, 4) is 0 Å². The van der Waals surface area contributed by atoms with Gasteiger partial charge in [-0.2, -0.15) is 0 Å². The first kappa shape index (κ1) is 11.5. The molecule has 5 N–H and O–H groups in total.